The molecule has 1 rings (SSSR count). The van der Waals surface area contributed by atoms with Crippen molar-refractivity contribution < 1.29 is 0 Å². The van der Waals surface area contributed by atoms with Gasteiger partial charge in [0.1, 0.15) is 0 Å². The molecule has 0 unspecified atom stereocenters. The van der Waals surface area contributed by atoms with E-state index in [1.165, 1.54) is 0 Å². The zero-order valence-corrected chi connectivity index (χ0v) is 4.80. The first-order valence-corrected chi connectivity index (χ1v) is 3.39. The number of aromatic nitrogens is 1. The van der Waals surface area contributed by atoms with Crippen LogP contribution in [0.2, 0.25) is 0 Å². The molecule has 1 aromatic heterocycles. The van der Waals surface area contributed by atoms with E-state index >= 15 is 0 Å². The molecule has 1 aromatic rings. The van der Waals surface area contributed by atoms with E-state index in [0.717, 1.165) is 4.69 Å². The van der Waals surface area contributed by atoms with Gasteiger partial charge in [0.15, 0.2) is 0 Å². The number of rotatable bonds is 0. The maximum absolute atomic E-state index is 5.25. The van der Waals surface area contributed by atoms with Crippen LogP contribution in [-0.2, 0) is 0 Å². The molecular weight excluding hydrogens is 143 g/mol. The Hall–Kier alpha value is -0.271. The van der Waals surface area contributed by atoms with Gasteiger partial charge in [-0.3, -0.25) is 0 Å². The van der Waals surface area contributed by atoms with Crippen molar-refractivity contribution in [3.8, 4) is 0 Å². The van der Waals surface area contributed by atoms with Crippen molar-refractivity contribution >= 4 is 19.2 Å². The topological polar surface area (TPSA) is 38.9 Å². The molecule has 0 bridgehead atoms. The molecule has 0 fully saturated rings. The van der Waals surface area contributed by atoms with Gasteiger partial charge in [0, 0.05) is 0 Å². The minimum atomic E-state index is 0.375. The average Bonchev–Trinajstić information content (AvgIpc) is 1.86. The molecule has 32 valence electrons. The fourth-order valence-electron chi connectivity index (χ4n) is 0.234. The average molecular weight is 147 g/mol. The third-order valence-electron chi connectivity index (χ3n) is 0.451. The van der Waals surface area contributed by atoms with Gasteiger partial charge in [-0.25, -0.2) is 0 Å². The molecule has 0 amide bonds. The first-order valence-electron chi connectivity index (χ1n) is 1.54. The quantitative estimate of drug-likeness (QED) is 0.512. The van der Waals surface area contributed by atoms with E-state index in [4.69, 9.17) is 5.73 Å². The Kier molecular flexibility index (Phi) is 0.945. The molecule has 0 aromatic carbocycles. The molecule has 0 radical (unpaired) electrons. The van der Waals surface area contributed by atoms with Crippen molar-refractivity contribution in [2.75, 3.05) is 5.73 Å². The van der Waals surface area contributed by atoms with E-state index in [-0.39, 0.29) is 0 Å². The Bertz CT molecular complexity index is 112. The van der Waals surface area contributed by atoms with Crippen LogP contribution in [0.25, 0.3) is 0 Å². The fraction of sp³-hybridized carbons (Fsp3) is 0. The molecule has 3 heteroatoms. The summed E-state index contributed by atoms with van der Waals surface area (Å²) < 4.78 is 0.780. The van der Waals surface area contributed by atoms with Crippen LogP contribution in [0.1, 0.15) is 0 Å². The van der Waals surface area contributed by atoms with Crippen LogP contribution >= 0.6 is 0 Å². The van der Waals surface area contributed by atoms with Gasteiger partial charge >= 0.3 is 41.1 Å². The summed E-state index contributed by atoms with van der Waals surface area (Å²) >= 11 is 0.375. The van der Waals surface area contributed by atoms with Crippen LogP contribution in [0.4, 0.5) is 4.69 Å². The normalized spacial score (nSPS) is 8.67. The standard InChI is InChI=1S/C3H4N2Se/c4-3-5-1-2-6-3/h1-2H,(H2,4,5). The van der Waals surface area contributed by atoms with Gasteiger partial charge < -0.3 is 0 Å². The zero-order valence-electron chi connectivity index (χ0n) is 3.09. The fourth-order valence-corrected chi connectivity index (χ4v) is 1.04. The van der Waals surface area contributed by atoms with Crippen LogP contribution in [0.5, 0.6) is 0 Å². The number of hydrogen-bond donors (Lipinski definition) is 1. The molecule has 0 saturated heterocycles. The molecule has 0 aliphatic heterocycles. The second-order valence-electron chi connectivity index (χ2n) is 0.870. The van der Waals surface area contributed by atoms with Crippen molar-refractivity contribution in [2.24, 2.45) is 0 Å². The molecule has 2 nitrogen and oxygen atoms in total. The van der Waals surface area contributed by atoms with Gasteiger partial charge in [-0.2, -0.15) is 0 Å². The number of anilines is 1. The molecule has 1 heterocycles. The summed E-state index contributed by atoms with van der Waals surface area (Å²) in [7, 11) is 0. The summed E-state index contributed by atoms with van der Waals surface area (Å²) in [5.41, 5.74) is 5.25. The number of hydrogen-bond acceptors (Lipinski definition) is 2. The summed E-state index contributed by atoms with van der Waals surface area (Å²) in [6, 6.07) is 0. The minimum absolute atomic E-state index is 0.375. The van der Waals surface area contributed by atoms with E-state index in [0.29, 0.717) is 14.5 Å². The van der Waals surface area contributed by atoms with Gasteiger partial charge in [0.25, 0.3) is 0 Å². The van der Waals surface area contributed by atoms with Crippen LogP contribution in [0, 0.1) is 0 Å². The Balaban J connectivity index is 3.05. The van der Waals surface area contributed by atoms with Crippen LogP contribution in [0.3, 0.4) is 0 Å². The summed E-state index contributed by atoms with van der Waals surface area (Å²) in [5.74, 6) is 0. The molecule has 0 spiro atoms. The van der Waals surface area contributed by atoms with Gasteiger partial charge in [-0.15, -0.1) is 0 Å². The summed E-state index contributed by atoms with van der Waals surface area (Å²) in [5, 5.41) is 0. The number of nitrogens with two attached hydrogens (primary N) is 1. The van der Waals surface area contributed by atoms with E-state index in [9.17, 15) is 0 Å². The second-order valence-corrected chi connectivity index (χ2v) is 2.81. The second kappa shape index (κ2) is 1.45. The molecule has 0 aliphatic carbocycles. The summed E-state index contributed by atoms with van der Waals surface area (Å²) in [6.07, 6.45) is 1.75. The number of nitrogens with zero attached hydrogens (tertiary/aromatic N) is 1. The molecule has 0 atom stereocenters. The Morgan fingerprint density at radius 2 is 2.67 bits per heavy atom. The Morgan fingerprint density at radius 3 is 2.83 bits per heavy atom. The first-order chi connectivity index (χ1) is 2.89. The van der Waals surface area contributed by atoms with Crippen LogP contribution in [0.15, 0.2) is 11.1 Å². The van der Waals surface area contributed by atoms with Crippen molar-refractivity contribution in [1.29, 1.82) is 0 Å². The van der Waals surface area contributed by atoms with E-state index in [2.05, 4.69) is 4.98 Å². The van der Waals surface area contributed by atoms with E-state index in [1.807, 2.05) is 4.94 Å². The third kappa shape index (κ3) is 0.614. The van der Waals surface area contributed by atoms with Gasteiger partial charge in [-0.1, -0.05) is 0 Å². The third-order valence-corrected chi connectivity index (χ3v) is 1.72. The van der Waals surface area contributed by atoms with E-state index < -0.39 is 0 Å². The Labute approximate surface area is 41.7 Å². The predicted molar refractivity (Wildman–Crippen MR) is 25.6 cm³/mol. The van der Waals surface area contributed by atoms with Gasteiger partial charge in [-0.05, 0) is 0 Å². The zero-order chi connectivity index (χ0) is 4.41. The predicted octanol–water partition coefficient (Wildman–Crippen LogP) is -0.279. The first kappa shape index (κ1) is 3.90. The van der Waals surface area contributed by atoms with Gasteiger partial charge in [0.05, 0.1) is 0 Å². The van der Waals surface area contributed by atoms with Crippen molar-refractivity contribution in [3.05, 3.63) is 11.1 Å². The SMILES string of the molecule is Nc1ncc[se]1. The van der Waals surface area contributed by atoms with Crippen molar-refractivity contribution in [2.45, 2.75) is 0 Å². The molecular formula is C3H4N2Se. The number of nitrogen functional groups attached to an aromatic ring is 1. The van der Waals surface area contributed by atoms with Crippen LogP contribution in [-0.4, -0.2) is 19.5 Å². The molecule has 0 saturated carbocycles. The van der Waals surface area contributed by atoms with Crippen molar-refractivity contribution in [3.63, 3.8) is 0 Å². The van der Waals surface area contributed by atoms with E-state index in [1.54, 1.807) is 6.20 Å². The Morgan fingerprint density at radius 1 is 1.83 bits per heavy atom. The monoisotopic (exact) mass is 148 g/mol. The maximum atomic E-state index is 5.25. The molecule has 6 heavy (non-hydrogen) atoms. The summed E-state index contributed by atoms with van der Waals surface area (Å²) in [6.45, 7) is 0. The van der Waals surface area contributed by atoms with Gasteiger partial charge in [0.2, 0.25) is 0 Å². The molecule has 2 N–H and O–H groups in total. The van der Waals surface area contributed by atoms with Crippen molar-refractivity contribution in [1.82, 2.24) is 4.98 Å². The summed E-state index contributed by atoms with van der Waals surface area (Å²) in [4.78, 5) is 5.77. The van der Waals surface area contributed by atoms with Crippen LogP contribution < -0.4 is 5.73 Å². The molecule has 0 aliphatic rings.